The van der Waals surface area contributed by atoms with Crippen LogP contribution in [0.15, 0.2) is 30.5 Å². The molecule has 1 aromatic heterocycles. The van der Waals surface area contributed by atoms with Crippen molar-refractivity contribution >= 4 is 11.6 Å². The van der Waals surface area contributed by atoms with E-state index in [1.807, 2.05) is 12.1 Å². The Kier molecular flexibility index (Phi) is 4.02. The maximum absolute atomic E-state index is 11.2. The van der Waals surface area contributed by atoms with E-state index in [4.69, 9.17) is 16.3 Å². The number of rotatable bonds is 4. The molecule has 112 valence electrons. The lowest BCUT2D eigenvalue weighted by molar-refractivity contribution is 0.0123. The van der Waals surface area contributed by atoms with Gasteiger partial charge >= 0.3 is 0 Å². The molecule has 5 heteroatoms. The molecule has 1 aliphatic rings. The second-order valence-corrected chi connectivity index (χ2v) is 5.94. The predicted molar refractivity (Wildman–Crippen MR) is 81.5 cm³/mol. The number of benzene rings is 1. The van der Waals surface area contributed by atoms with Crippen molar-refractivity contribution in [2.45, 2.75) is 31.4 Å². The van der Waals surface area contributed by atoms with Crippen molar-refractivity contribution in [3.63, 3.8) is 0 Å². The Morgan fingerprint density at radius 1 is 1.38 bits per heavy atom. The largest absolute Gasteiger partial charge is 0.383 e. The van der Waals surface area contributed by atoms with Crippen LogP contribution in [0.5, 0.6) is 0 Å². The molecule has 3 rings (SSSR count). The number of halogens is 1. The minimum atomic E-state index is -0.963. The summed E-state index contributed by atoms with van der Waals surface area (Å²) in [7, 11) is 1.65. The summed E-state index contributed by atoms with van der Waals surface area (Å²) >= 11 is 6.29. The van der Waals surface area contributed by atoms with Crippen LogP contribution in [-0.4, -0.2) is 28.6 Å². The Bertz CT molecular complexity index is 641. The summed E-state index contributed by atoms with van der Waals surface area (Å²) < 4.78 is 6.86. The molecule has 1 heterocycles. The van der Waals surface area contributed by atoms with Gasteiger partial charge in [-0.15, -0.1) is 0 Å². The molecule has 1 atom stereocenters. The van der Waals surface area contributed by atoms with Crippen LogP contribution in [0.2, 0.25) is 5.02 Å². The van der Waals surface area contributed by atoms with E-state index in [9.17, 15) is 5.11 Å². The lowest BCUT2D eigenvalue weighted by atomic mass is 9.78. The molecule has 0 radical (unpaired) electrons. The van der Waals surface area contributed by atoms with Gasteiger partial charge in [0.2, 0.25) is 0 Å². The number of methoxy groups -OCH3 is 1. The van der Waals surface area contributed by atoms with Gasteiger partial charge in [-0.05, 0) is 24.0 Å². The minimum absolute atomic E-state index is 0.521. The van der Waals surface area contributed by atoms with Crippen LogP contribution in [0.3, 0.4) is 0 Å². The van der Waals surface area contributed by atoms with Crippen molar-refractivity contribution in [3.8, 4) is 0 Å². The fraction of sp³-hybridized carbons (Fsp3) is 0.438. The molecule has 0 saturated heterocycles. The molecule has 0 amide bonds. The first-order valence-electron chi connectivity index (χ1n) is 7.14. The van der Waals surface area contributed by atoms with E-state index in [1.54, 1.807) is 18.0 Å². The smallest absolute Gasteiger partial charge is 0.112 e. The van der Waals surface area contributed by atoms with Gasteiger partial charge in [0.05, 0.1) is 30.1 Å². The zero-order valence-electron chi connectivity index (χ0n) is 12.1. The molecule has 2 aromatic rings. The molecule has 0 saturated carbocycles. The molecular formula is C16H19ClN2O2. The lowest BCUT2D eigenvalue weighted by Crippen LogP contribution is -2.36. The number of hydrogen-bond donors (Lipinski definition) is 1. The van der Waals surface area contributed by atoms with E-state index in [0.717, 1.165) is 6.42 Å². The van der Waals surface area contributed by atoms with Gasteiger partial charge in [-0.2, -0.15) is 5.10 Å². The summed E-state index contributed by atoms with van der Waals surface area (Å²) in [5.74, 6) is 0. The first kappa shape index (κ1) is 14.6. The van der Waals surface area contributed by atoms with Gasteiger partial charge in [0.25, 0.3) is 0 Å². The van der Waals surface area contributed by atoms with Crippen molar-refractivity contribution in [2.24, 2.45) is 0 Å². The van der Waals surface area contributed by atoms with E-state index in [-0.39, 0.29) is 0 Å². The summed E-state index contributed by atoms with van der Waals surface area (Å²) in [4.78, 5) is 0. The highest BCUT2D eigenvalue weighted by Gasteiger charge is 2.38. The third kappa shape index (κ3) is 2.71. The third-order valence-corrected chi connectivity index (χ3v) is 4.43. The monoisotopic (exact) mass is 306 g/mol. The molecule has 1 aromatic carbocycles. The Morgan fingerprint density at radius 3 is 2.90 bits per heavy atom. The first-order valence-corrected chi connectivity index (χ1v) is 7.52. The molecule has 0 fully saturated rings. The van der Waals surface area contributed by atoms with E-state index in [0.29, 0.717) is 36.7 Å². The summed E-state index contributed by atoms with van der Waals surface area (Å²) in [6.07, 6.45) is 3.67. The van der Waals surface area contributed by atoms with Crippen molar-refractivity contribution in [1.29, 1.82) is 0 Å². The van der Waals surface area contributed by atoms with Crippen LogP contribution in [0.1, 0.15) is 23.2 Å². The Hall–Kier alpha value is -1.36. The number of ether oxygens (including phenoxy) is 1. The highest BCUT2D eigenvalue weighted by molar-refractivity contribution is 6.31. The van der Waals surface area contributed by atoms with Gasteiger partial charge in [0.1, 0.15) is 5.60 Å². The van der Waals surface area contributed by atoms with E-state index >= 15 is 0 Å². The second kappa shape index (κ2) is 5.79. The summed E-state index contributed by atoms with van der Waals surface area (Å²) in [6.45, 7) is 1.13. The normalized spacial score (nSPS) is 21.3. The number of nitrogens with zero attached hydrogens (tertiary/aromatic N) is 2. The summed E-state index contributed by atoms with van der Waals surface area (Å²) in [5.41, 5.74) is 2.23. The average Bonchev–Trinajstić information content (AvgIpc) is 2.86. The Labute approximate surface area is 129 Å². The first-order chi connectivity index (χ1) is 10.1. The fourth-order valence-corrected chi connectivity index (χ4v) is 3.41. The molecule has 0 bridgehead atoms. The molecule has 0 aliphatic heterocycles. The zero-order chi connectivity index (χ0) is 14.9. The quantitative estimate of drug-likeness (QED) is 0.944. The molecular weight excluding hydrogens is 288 g/mol. The van der Waals surface area contributed by atoms with Gasteiger partial charge in [0, 0.05) is 13.5 Å². The number of aromatic nitrogens is 2. The van der Waals surface area contributed by atoms with Gasteiger partial charge in [0.15, 0.2) is 0 Å². The van der Waals surface area contributed by atoms with Crippen molar-refractivity contribution < 1.29 is 9.84 Å². The second-order valence-electron chi connectivity index (χ2n) is 5.53. The maximum atomic E-state index is 11.2. The number of aliphatic hydroxyl groups is 1. The molecule has 21 heavy (non-hydrogen) atoms. The lowest BCUT2D eigenvalue weighted by Gasteiger charge is -2.34. The number of hydrogen-bond acceptors (Lipinski definition) is 3. The average molecular weight is 307 g/mol. The van der Waals surface area contributed by atoms with Crippen molar-refractivity contribution in [3.05, 3.63) is 52.3 Å². The summed E-state index contributed by atoms with van der Waals surface area (Å²) in [6, 6.07) is 8.25. The molecule has 1 aliphatic carbocycles. The zero-order valence-corrected chi connectivity index (χ0v) is 12.8. The Morgan fingerprint density at radius 2 is 2.14 bits per heavy atom. The van der Waals surface area contributed by atoms with Crippen LogP contribution in [0.4, 0.5) is 0 Å². The fourth-order valence-electron chi connectivity index (χ4n) is 3.09. The van der Waals surface area contributed by atoms with Gasteiger partial charge in [-0.3, -0.25) is 4.68 Å². The molecule has 1 N–H and O–H groups in total. The van der Waals surface area contributed by atoms with Crippen molar-refractivity contribution in [1.82, 2.24) is 9.78 Å². The van der Waals surface area contributed by atoms with E-state index < -0.39 is 5.60 Å². The van der Waals surface area contributed by atoms with Crippen LogP contribution in [0.25, 0.3) is 0 Å². The van der Waals surface area contributed by atoms with Crippen LogP contribution >= 0.6 is 11.6 Å². The van der Waals surface area contributed by atoms with Gasteiger partial charge in [-0.25, -0.2) is 0 Å². The molecule has 0 spiro atoms. The van der Waals surface area contributed by atoms with Crippen LogP contribution in [-0.2, 0) is 29.7 Å². The summed E-state index contributed by atoms with van der Waals surface area (Å²) in [5, 5.41) is 15.9. The minimum Gasteiger partial charge on any atom is -0.383 e. The SMILES string of the molecule is COCCn1ncc(Cl)c1C1(O)CCc2ccccc2C1. The molecule has 4 nitrogen and oxygen atoms in total. The van der Waals surface area contributed by atoms with Gasteiger partial charge in [-0.1, -0.05) is 35.9 Å². The molecule has 1 unspecified atom stereocenters. The van der Waals surface area contributed by atoms with Crippen molar-refractivity contribution in [2.75, 3.05) is 13.7 Å². The third-order valence-electron chi connectivity index (χ3n) is 4.15. The topological polar surface area (TPSA) is 47.3 Å². The highest BCUT2D eigenvalue weighted by atomic mass is 35.5. The van der Waals surface area contributed by atoms with Gasteiger partial charge < -0.3 is 9.84 Å². The Balaban J connectivity index is 1.95. The highest BCUT2D eigenvalue weighted by Crippen LogP contribution is 2.39. The number of aryl methyl sites for hydroxylation is 1. The van der Waals surface area contributed by atoms with Crippen LogP contribution < -0.4 is 0 Å². The standard InChI is InChI=1S/C16H19ClN2O2/c1-21-9-8-19-15(14(17)11-18-19)16(20)7-6-12-4-2-3-5-13(12)10-16/h2-5,11,20H,6-10H2,1H3. The number of fused-ring (bicyclic) bond motifs is 1. The van der Waals surface area contributed by atoms with Crippen LogP contribution in [0, 0.1) is 0 Å². The maximum Gasteiger partial charge on any atom is 0.112 e. The van der Waals surface area contributed by atoms with E-state index in [2.05, 4.69) is 17.2 Å². The van der Waals surface area contributed by atoms with E-state index in [1.165, 1.54) is 11.1 Å². The predicted octanol–water partition coefficient (Wildman–Crippen LogP) is 2.56.